The molecule has 2 aromatic rings. The van der Waals surface area contributed by atoms with Gasteiger partial charge in [-0.15, -0.1) is 23.1 Å². The van der Waals surface area contributed by atoms with Gasteiger partial charge in [-0.25, -0.2) is 4.98 Å². The Bertz CT molecular complexity index is 704. The first kappa shape index (κ1) is 16.8. The van der Waals surface area contributed by atoms with E-state index in [9.17, 15) is 4.79 Å². The summed E-state index contributed by atoms with van der Waals surface area (Å²) in [4.78, 5) is 21.2. The first-order chi connectivity index (χ1) is 11.2. The number of hydrogen-bond acceptors (Lipinski definition) is 5. The van der Waals surface area contributed by atoms with Gasteiger partial charge in [0.25, 0.3) is 0 Å². The monoisotopic (exact) mass is 367 g/mol. The van der Waals surface area contributed by atoms with Crippen molar-refractivity contribution in [2.45, 2.75) is 24.8 Å². The summed E-state index contributed by atoms with van der Waals surface area (Å²) < 4.78 is 0. The molecular formula is C16H18ClN3OS2. The lowest BCUT2D eigenvalue weighted by Gasteiger charge is -2.23. The predicted molar refractivity (Wildman–Crippen MR) is 97.6 cm³/mol. The van der Waals surface area contributed by atoms with Gasteiger partial charge in [-0.05, 0) is 18.7 Å². The zero-order valence-corrected chi connectivity index (χ0v) is 15.2. The molecule has 1 aromatic heterocycles. The third kappa shape index (κ3) is 4.26. The molecule has 1 N–H and O–H groups in total. The van der Waals surface area contributed by atoms with Crippen LogP contribution in [0.15, 0.2) is 29.2 Å². The van der Waals surface area contributed by atoms with Crippen molar-refractivity contribution < 1.29 is 4.79 Å². The molecule has 122 valence electrons. The average Bonchev–Trinajstić information content (AvgIpc) is 2.95. The van der Waals surface area contributed by atoms with Crippen LogP contribution in [0.1, 0.15) is 17.5 Å². The minimum Gasteiger partial charge on any atom is -0.301 e. The number of likely N-dealkylation sites (N-methyl/N-ethyl adjacent to an activating group) is 1. The number of carbonyl (C=O) groups excluding carboxylic acids is 1. The van der Waals surface area contributed by atoms with Crippen LogP contribution >= 0.6 is 34.7 Å². The van der Waals surface area contributed by atoms with E-state index in [4.69, 9.17) is 11.6 Å². The van der Waals surface area contributed by atoms with Crippen LogP contribution in [0.5, 0.6) is 0 Å². The standard InChI is InChI=1S/C16H18ClN3OS2/c1-2-20-8-7-12-14(9-20)23-16(18-12)19-15(21)10-22-13-6-4-3-5-11(13)17/h3-6H,2,7-10H2,1H3,(H,18,19,21). The highest BCUT2D eigenvalue weighted by Crippen LogP contribution is 2.29. The van der Waals surface area contributed by atoms with Crippen LogP contribution in [0.4, 0.5) is 5.13 Å². The van der Waals surface area contributed by atoms with Crippen molar-refractivity contribution >= 4 is 45.7 Å². The first-order valence-electron chi connectivity index (χ1n) is 7.54. The molecule has 0 saturated heterocycles. The zero-order valence-electron chi connectivity index (χ0n) is 12.8. The quantitative estimate of drug-likeness (QED) is 0.814. The molecule has 2 heterocycles. The number of carbonyl (C=O) groups is 1. The van der Waals surface area contributed by atoms with E-state index in [0.717, 1.165) is 36.6 Å². The van der Waals surface area contributed by atoms with E-state index < -0.39 is 0 Å². The molecule has 0 spiro atoms. The minimum atomic E-state index is -0.0478. The second kappa shape index (κ2) is 7.66. The molecule has 23 heavy (non-hydrogen) atoms. The smallest absolute Gasteiger partial charge is 0.236 e. The molecule has 1 amide bonds. The summed E-state index contributed by atoms with van der Waals surface area (Å²) in [5.74, 6) is 0.281. The number of thioether (sulfide) groups is 1. The maximum Gasteiger partial charge on any atom is 0.236 e. The van der Waals surface area contributed by atoms with Gasteiger partial charge < -0.3 is 5.32 Å². The lowest BCUT2D eigenvalue weighted by Crippen LogP contribution is -2.29. The van der Waals surface area contributed by atoms with Crippen LogP contribution in [0.25, 0.3) is 0 Å². The van der Waals surface area contributed by atoms with Crippen molar-refractivity contribution in [2.75, 3.05) is 24.2 Å². The first-order valence-corrected chi connectivity index (χ1v) is 9.72. The van der Waals surface area contributed by atoms with Crippen molar-refractivity contribution in [1.82, 2.24) is 9.88 Å². The summed E-state index contributed by atoms with van der Waals surface area (Å²) in [7, 11) is 0. The molecule has 4 nitrogen and oxygen atoms in total. The van der Waals surface area contributed by atoms with Crippen molar-refractivity contribution in [2.24, 2.45) is 0 Å². The lowest BCUT2D eigenvalue weighted by atomic mass is 10.2. The van der Waals surface area contributed by atoms with E-state index in [1.165, 1.54) is 16.6 Å². The third-order valence-electron chi connectivity index (χ3n) is 3.70. The highest BCUT2D eigenvalue weighted by molar-refractivity contribution is 8.00. The van der Waals surface area contributed by atoms with Crippen molar-refractivity contribution in [3.8, 4) is 0 Å². The summed E-state index contributed by atoms with van der Waals surface area (Å²) in [5.41, 5.74) is 1.13. The van der Waals surface area contributed by atoms with E-state index in [2.05, 4.69) is 22.1 Å². The number of nitrogens with one attached hydrogen (secondary N) is 1. The number of fused-ring (bicyclic) bond motifs is 1. The van der Waals surface area contributed by atoms with Gasteiger partial charge in [-0.3, -0.25) is 9.69 Å². The largest absolute Gasteiger partial charge is 0.301 e. The van der Waals surface area contributed by atoms with Crippen LogP contribution in [-0.2, 0) is 17.8 Å². The number of nitrogens with zero attached hydrogens (tertiary/aromatic N) is 2. The van der Waals surface area contributed by atoms with Crippen LogP contribution < -0.4 is 5.32 Å². The van der Waals surface area contributed by atoms with Crippen LogP contribution in [0.3, 0.4) is 0 Å². The normalized spacial score (nSPS) is 14.5. The Labute approximate surface area is 149 Å². The Hall–Kier alpha value is -1.08. The third-order valence-corrected chi connectivity index (χ3v) is 6.21. The molecule has 1 aromatic carbocycles. The van der Waals surface area contributed by atoms with Gasteiger partial charge in [0.05, 0.1) is 16.5 Å². The van der Waals surface area contributed by atoms with Crippen molar-refractivity contribution in [3.63, 3.8) is 0 Å². The van der Waals surface area contributed by atoms with Crippen LogP contribution in [0.2, 0.25) is 5.02 Å². The highest BCUT2D eigenvalue weighted by atomic mass is 35.5. The highest BCUT2D eigenvalue weighted by Gasteiger charge is 2.20. The number of aromatic nitrogens is 1. The summed E-state index contributed by atoms with van der Waals surface area (Å²) in [6, 6.07) is 7.55. The Kier molecular flexibility index (Phi) is 5.58. The molecule has 1 aliphatic rings. The van der Waals surface area contributed by atoms with Gasteiger partial charge in [-0.1, -0.05) is 30.7 Å². The van der Waals surface area contributed by atoms with Gasteiger partial charge >= 0.3 is 0 Å². The average molecular weight is 368 g/mol. The number of thiazole rings is 1. The Morgan fingerprint density at radius 3 is 3.09 bits per heavy atom. The van der Waals surface area contributed by atoms with Crippen LogP contribution in [-0.4, -0.2) is 34.6 Å². The summed E-state index contributed by atoms with van der Waals surface area (Å²) in [6.45, 7) is 5.20. The fourth-order valence-electron chi connectivity index (χ4n) is 2.43. The fourth-order valence-corrected chi connectivity index (χ4v) is 4.54. The summed E-state index contributed by atoms with van der Waals surface area (Å²) >= 11 is 9.12. The Morgan fingerprint density at radius 1 is 1.48 bits per heavy atom. The SMILES string of the molecule is CCN1CCc2nc(NC(=O)CSc3ccccc3Cl)sc2C1. The molecule has 0 radical (unpaired) electrons. The molecule has 0 saturated carbocycles. The molecule has 0 atom stereocenters. The molecule has 7 heteroatoms. The van der Waals surface area contributed by atoms with Gasteiger partial charge in [0.15, 0.2) is 5.13 Å². The van der Waals surface area contributed by atoms with E-state index in [-0.39, 0.29) is 5.91 Å². The van der Waals surface area contributed by atoms with Crippen LogP contribution in [0, 0.1) is 0 Å². The van der Waals surface area contributed by atoms with Gasteiger partial charge in [-0.2, -0.15) is 0 Å². The summed E-state index contributed by atoms with van der Waals surface area (Å²) in [6.07, 6.45) is 0.962. The van der Waals surface area contributed by atoms with Gasteiger partial charge in [0, 0.05) is 29.3 Å². The van der Waals surface area contributed by atoms with E-state index in [1.807, 2.05) is 24.3 Å². The summed E-state index contributed by atoms with van der Waals surface area (Å²) in [5, 5.41) is 4.29. The molecule has 3 rings (SSSR count). The molecule has 0 fully saturated rings. The number of halogens is 1. The van der Waals surface area contributed by atoms with E-state index >= 15 is 0 Å². The predicted octanol–water partition coefficient (Wildman–Crippen LogP) is 3.91. The van der Waals surface area contributed by atoms with E-state index in [0.29, 0.717) is 15.9 Å². The molecule has 0 unspecified atom stereocenters. The second-order valence-corrected chi connectivity index (χ2v) is 7.78. The van der Waals surface area contributed by atoms with Gasteiger partial charge in [0.2, 0.25) is 5.91 Å². The fraction of sp³-hybridized carbons (Fsp3) is 0.375. The second-order valence-electron chi connectivity index (χ2n) is 5.27. The zero-order chi connectivity index (χ0) is 16.2. The van der Waals surface area contributed by atoms with Gasteiger partial charge in [0.1, 0.15) is 0 Å². The number of rotatable bonds is 5. The van der Waals surface area contributed by atoms with Crippen molar-refractivity contribution in [3.05, 3.63) is 39.9 Å². The van der Waals surface area contributed by atoms with Crippen molar-refractivity contribution in [1.29, 1.82) is 0 Å². The minimum absolute atomic E-state index is 0.0478. The molecule has 0 bridgehead atoms. The maximum atomic E-state index is 12.1. The Morgan fingerprint density at radius 2 is 2.30 bits per heavy atom. The number of hydrogen-bond donors (Lipinski definition) is 1. The number of amides is 1. The maximum absolute atomic E-state index is 12.1. The lowest BCUT2D eigenvalue weighted by molar-refractivity contribution is -0.113. The Balaban J connectivity index is 1.56. The van der Waals surface area contributed by atoms with E-state index in [1.54, 1.807) is 11.3 Å². The molecular weight excluding hydrogens is 350 g/mol. The topological polar surface area (TPSA) is 45.2 Å². The molecule has 0 aliphatic carbocycles. The molecule has 1 aliphatic heterocycles. The number of benzene rings is 1. The number of anilines is 1.